The number of Topliss-reactive ketones (excluding diaryl/α,β-unsaturated/α-hetero) is 1. The number of thiazole rings is 1. The molecule has 1 N–H and O–H groups in total. The van der Waals surface area contributed by atoms with Crippen LogP contribution in [0.25, 0.3) is 5.13 Å². The molecule has 6 nitrogen and oxygen atoms in total. The molecule has 0 atom stereocenters. The van der Waals surface area contributed by atoms with Crippen molar-refractivity contribution in [1.29, 1.82) is 0 Å². The van der Waals surface area contributed by atoms with Gasteiger partial charge in [-0.2, -0.15) is 5.10 Å². The summed E-state index contributed by atoms with van der Waals surface area (Å²) in [5, 5.41) is 8.26. The Labute approximate surface area is 181 Å². The summed E-state index contributed by atoms with van der Waals surface area (Å²) in [4.78, 5) is 29.4. The maximum atomic E-state index is 12.8. The highest BCUT2D eigenvalue weighted by Gasteiger charge is 2.20. The number of hydrogen-bond acceptors (Lipinski definition) is 5. The Balaban J connectivity index is 1.82. The molecule has 0 aliphatic heterocycles. The molecule has 2 heterocycles. The lowest BCUT2D eigenvalue weighted by atomic mass is 10.0. The van der Waals surface area contributed by atoms with E-state index in [0.29, 0.717) is 32.9 Å². The minimum Gasteiger partial charge on any atom is -0.321 e. The van der Waals surface area contributed by atoms with E-state index in [9.17, 15) is 9.59 Å². The zero-order chi connectivity index (χ0) is 22.0. The van der Waals surface area contributed by atoms with Crippen LogP contribution >= 0.6 is 11.3 Å². The van der Waals surface area contributed by atoms with Gasteiger partial charge in [-0.05, 0) is 76.3 Å². The van der Waals surface area contributed by atoms with Gasteiger partial charge in [-0.25, -0.2) is 9.67 Å². The van der Waals surface area contributed by atoms with Gasteiger partial charge in [0.05, 0.1) is 11.4 Å². The van der Waals surface area contributed by atoms with Crippen molar-refractivity contribution in [3.05, 3.63) is 57.4 Å². The summed E-state index contributed by atoms with van der Waals surface area (Å²) in [6, 6.07) is 6.87. The fourth-order valence-corrected chi connectivity index (χ4v) is 4.28. The molecule has 0 spiro atoms. The lowest BCUT2D eigenvalue weighted by Crippen LogP contribution is -2.11. The number of anilines is 1. The molecule has 0 saturated heterocycles. The van der Waals surface area contributed by atoms with Gasteiger partial charge in [0, 0.05) is 16.9 Å². The Morgan fingerprint density at radius 2 is 1.77 bits per heavy atom. The SMILES string of the molecule is CC(=O)c1ccc(NC(=O)c2sc(-n3nc(C)c(CCC(C)C)c3C)nc2C)cc1. The molecule has 1 aromatic carbocycles. The maximum absolute atomic E-state index is 12.8. The fraction of sp³-hybridized carbons (Fsp3) is 0.391. The number of benzene rings is 1. The van der Waals surface area contributed by atoms with Crippen molar-refractivity contribution in [2.45, 2.75) is 54.4 Å². The monoisotopic (exact) mass is 424 g/mol. The van der Waals surface area contributed by atoms with Crippen molar-refractivity contribution in [3.63, 3.8) is 0 Å². The minimum atomic E-state index is -0.214. The molecule has 0 aliphatic rings. The highest BCUT2D eigenvalue weighted by Crippen LogP contribution is 2.26. The summed E-state index contributed by atoms with van der Waals surface area (Å²) >= 11 is 1.33. The van der Waals surface area contributed by atoms with Crippen LogP contribution in [0.1, 0.15) is 69.9 Å². The highest BCUT2D eigenvalue weighted by molar-refractivity contribution is 7.16. The Morgan fingerprint density at radius 3 is 2.37 bits per heavy atom. The van der Waals surface area contributed by atoms with Gasteiger partial charge in [0.15, 0.2) is 5.78 Å². The van der Waals surface area contributed by atoms with Gasteiger partial charge in [0.25, 0.3) is 5.91 Å². The number of hydrogen-bond donors (Lipinski definition) is 1. The third kappa shape index (κ3) is 4.67. The zero-order valence-corrected chi connectivity index (χ0v) is 19.2. The summed E-state index contributed by atoms with van der Waals surface area (Å²) in [5.74, 6) is 0.413. The van der Waals surface area contributed by atoms with Gasteiger partial charge in [-0.1, -0.05) is 25.2 Å². The van der Waals surface area contributed by atoms with E-state index in [1.165, 1.54) is 23.8 Å². The minimum absolute atomic E-state index is 0.00605. The van der Waals surface area contributed by atoms with Gasteiger partial charge >= 0.3 is 0 Å². The highest BCUT2D eigenvalue weighted by atomic mass is 32.1. The Morgan fingerprint density at radius 1 is 1.10 bits per heavy atom. The summed E-state index contributed by atoms with van der Waals surface area (Å²) < 4.78 is 1.85. The predicted octanol–water partition coefficient (Wildman–Crippen LogP) is 5.30. The van der Waals surface area contributed by atoms with Crippen LogP contribution < -0.4 is 5.32 Å². The van der Waals surface area contributed by atoms with Crippen LogP contribution in [-0.2, 0) is 6.42 Å². The molecule has 0 aliphatic carbocycles. The predicted molar refractivity (Wildman–Crippen MR) is 121 cm³/mol. The van der Waals surface area contributed by atoms with E-state index in [4.69, 9.17) is 0 Å². The third-order valence-corrected chi connectivity index (χ3v) is 6.27. The topological polar surface area (TPSA) is 76.9 Å². The van der Waals surface area contributed by atoms with Crippen molar-refractivity contribution in [3.8, 4) is 5.13 Å². The zero-order valence-electron chi connectivity index (χ0n) is 18.4. The van der Waals surface area contributed by atoms with Gasteiger partial charge in [0.2, 0.25) is 5.13 Å². The van der Waals surface area contributed by atoms with Crippen molar-refractivity contribution < 1.29 is 9.59 Å². The van der Waals surface area contributed by atoms with E-state index >= 15 is 0 Å². The third-order valence-electron chi connectivity index (χ3n) is 5.13. The van der Waals surface area contributed by atoms with Crippen LogP contribution in [0, 0.1) is 26.7 Å². The van der Waals surface area contributed by atoms with E-state index in [2.05, 4.69) is 36.2 Å². The van der Waals surface area contributed by atoms with Crippen LogP contribution in [0.15, 0.2) is 24.3 Å². The second-order valence-corrected chi connectivity index (χ2v) is 8.97. The molecular formula is C23H28N4O2S. The first-order valence-electron chi connectivity index (χ1n) is 10.1. The Bertz CT molecular complexity index is 1080. The molecule has 0 fully saturated rings. The average molecular weight is 425 g/mol. The number of aromatic nitrogens is 3. The van der Waals surface area contributed by atoms with Gasteiger partial charge in [-0.3, -0.25) is 9.59 Å². The number of carbonyl (C=O) groups excluding carboxylic acids is 2. The first-order valence-corrected chi connectivity index (χ1v) is 10.9. The van der Waals surface area contributed by atoms with Crippen molar-refractivity contribution in [2.24, 2.45) is 5.92 Å². The summed E-state index contributed by atoms with van der Waals surface area (Å²) in [6.45, 7) is 11.9. The van der Waals surface area contributed by atoms with Crippen LogP contribution in [-0.4, -0.2) is 26.5 Å². The molecule has 0 saturated carbocycles. The summed E-state index contributed by atoms with van der Waals surface area (Å²) in [7, 11) is 0. The average Bonchev–Trinajstić information content (AvgIpc) is 3.20. The molecule has 3 rings (SSSR count). The first kappa shape index (κ1) is 21.9. The number of carbonyl (C=O) groups is 2. The number of ketones is 1. The van der Waals surface area contributed by atoms with Crippen LogP contribution in [0.4, 0.5) is 5.69 Å². The van der Waals surface area contributed by atoms with Crippen LogP contribution in [0.5, 0.6) is 0 Å². The summed E-state index contributed by atoms with van der Waals surface area (Å²) in [6.07, 6.45) is 2.10. The van der Waals surface area contributed by atoms with E-state index in [1.807, 2.05) is 18.5 Å². The molecule has 0 radical (unpaired) electrons. The quantitative estimate of drug-likeness (QED) is 0.522. The van der Waals surface area contributed by atoms with Crippen molar-refractivity contribution in [2.75, 3.05) is 5.32 Å². The molecular weight excluding hydrogens is 396 g/mol. The standard InChI is InChI=1S/C23H28N4O2S/c1-13(2)7-12-20-14(3)26-27(16(20)5)23-24-15(4)21(30-23)22(29)25-19-10-8-18(9-11-19)17(6)28/h8-11,13H,7,12H2,1-6H3,(H,25,29). The normalized spacial score (nSPS) is 11.2. The van der Waals surface area contributed by atoms with Gasteiger partial charge < -0.3 is 5.32 Å². The van der Waals surface area contributed by atoms with Crippen LogP contribution in [0.3, 0.4) is 0 Å². The molecule has 7 heteroatoms. The smallest absolute Gasteiger partial charge is 0.267 e. The molecule has 0 bridgehead atoms. The largest absolute Gasteiger partial charge is 0.321 e. The molecule has 1 amide bonds. The first-order chi connectivity index (χ1) is 14.2. The lowest BCUT2D eigenvalue weighted by molar-refractivity contribution is 0.101. The Hall–Kier alpha value is -2.80. The maximum Gasteiger partial charge on any atom is 0.267 e. The van der Waals surface area contributed by atoms with Crippen molar-refractivity contribution in [1.82, 2.24) is 14.8 Å². The molecule has 30 heavy (non-hydrogen) atoms. The fourth-order valence-electron chi connectivity index (χ4n) is 3.32. The van der Waals surface area contributed by atoms with E-state index in [-0.39, 0.29) is 11.7 Å². The van der Waals surface area contributed by atoms with E-state index in [1.54, 1.807) is 24.3 Å². The van der Waals surface area contributed by atoms with E-state index in [0.717, 1.165) is 24.2 Å². The van der Waals surface area contributed by atoms with E-state index < -0.39 is 0 Å². The number of rotatable bonds is 7. The van der Waals surface area contributed by atoms with Gasteiger partial charge in [-0.15, -0.1) is 0 Å². The van der Waals surface area contributed by atoms with Gasteiger partial charge in [0.1, 0.15) is 4.88 Å². The molecule has 158 valence electrons. The number of nitrogens with zero attached hydrogens (tertiary/aromatic N) is 3. The van der Waals surface area contributed by atoms with Crippen molar-refractivity contribution >= 4 is 28.7 Å². The number of amides is 1. The Kier molecular flexibility index (Phi) is 6.51. The molecule has 2 aromatic heterocycles. The number of aryl methyl sites for hydroxylation is 2. The number of nitrogens with one attached hydrogen (secondary N) is 1. The molecule has 3 aromatic rings. The van der Waals surface area contributed by atoms with Crippen LogP contribution in [0.2, 0.25) is 0 Å². The second-order valence-electron chi connectivity index (χ2n) is 7.99. The summed E-state index contributed by atoms with van der Waals surface area (Å²) in [5.41, 5.74) is 5.27. The second kappa shape index (κ2) is 8.92. The molecule has 0 unspecified atom stereocenters. The lowest BCUT2D eigenvalue weighted by Gasteiger charge is -2.05.